The minimum Gasteiger partial charge on any atom is -0.347 e. The lowest BCUT2D eigenvalue weighted by atomic mass is 10.1. The molecular formula is C11H12BrN3O5S. The van der Waals surface area contributed by atoms with Crippen molar-refractivity contribution in [3.05, 3.63) is 32.3 Å². The van der Waals surface area contributed by atoms with E-state index in [1.54, 1.807) is 0 Å². The molecule has 1 aliphatic carbocycles. The van der Waals surface area contributed by atoms with E-state index in [9.17, 15) is 23.3 Å². The number of non-ortho nitro benzene ring substituents is 1. The molecule has 0 radical (unpaired) electrons. The zero-order valence-electron chi connectivity index (χ0n) is 10.9. The number of nitrogens with two attached hydrogens (primary N) is 1. The Morgan fingerprint density at radius 2 is 2.05 bits per heavy atom. The van der Waals surface area contributed by atoms with Gasteiger partial charge in [-0.15, -0.1) is 0 Å². The van der Waals surface area contributed by atoms with Crippen molar-refractivity contribution in [2.24, 2.45) is 5.14 Å². The van der Waals surface area contributed by atoms with Gasteiger partial charge in [-0.2, -0.15) is 0 Å². The standard InChI is InChI=1S/C11H12BrN3O5S/c1-11(2-3-11)14-10(16)7-4-6(15(17)18)5-8(9(7)12)21(13,19)20/h4-5H,2-3H2,1H3,(H,14,16)(H2,13,19,20). The van der Waals surface area contributed by atoms with E-state index >= 15 is 0 Å². The van der Waals surface area contributed by atoms with E-state index < -0.39 is 31.4 Å². The van der Waals surface area contributed by atoms with Gasteiger partial charge in [0, 0.05) is 17.7 Å². The Labute approximate surface area is 129 Å². The van der Waals surface area contributed by atoms with Gasteiger partial charge in [-0.3, -0.25) is 14.9 Å². The van der Waals surface area contributed by atoms with Crippen molar-refractivity contribution in [2.75, 3.05) is 0 Å². The van der Waals surface area contributed by atoms with Crippen molar-refractivity contribution in [1.82, 2.24) is 5.32 Å². The molecular weight excluding hydrogens is 366 g/mol. The van der Waals surface area contributed by atoms with Crippen molar-refractivity contribution in [3.8, 4) is 0 Å². The highest BCUT2D eigenvalue weighted by atomic mass is 79.9. The molecule has 2 rings (SSSR count). The number of carbonyl (C=O) groups excluding carboxylic acids is 1. The maximum Gasteiger partial charge on any atom is 0.271 e. The highest BCUT2D eigenvalue weighted by Crippen LogP contribution is 2.36. The fourth-order valence-corrected chi connectivity index (χ4v) is 3.45. The summed E-state index contributed by atoms with van der Waals surface area (Å²) in [6.07, 6.45) is 1.60. The summed E-state index contributed by atoms with van der Waals surface area (Å²) in [5.41, 5.74) is -1.00. The molecule has 0 atom stereocenters. The molecule has 0 heterocycles. The molecule has 114 valence electrons. The van der Waals surface area contributed by atoms with E-state index in [2.05, 4.69) is 21.2 Å². The van der Waals surface area contributed by atoms with Crippen LogP contribution in [0.1, 0.15) is 30.1 Å². The first-order valence-electron chi connectivity index (χ1n) is 5.87. The predicted molar refractivity (Wildman–Crippen MR) is 77.3 cm³/mol. The van der Waals surface area contributed by atoms with E-state index in [0.29, 0.717) is 0 Å². The van der Waals surface area contributed by atoms with Gasteiger partial charge in [0.05, 0.1) is 15.0 Å². The average Bonchev–Trinajstić information content (AvgIpc) is 3.04. The van der Waals surface area contributed by atoms with Crippen LogP contribution >= 0.6 is 15.9 Å². The molecule has 0 unspecified atom stereocenters. The Hall–Kier alpha value is -1.52. The van der Waals surface area contributed by atoms with Gasteiger partial charge in [0.25, 0.3) is 11.6 Å². The van der Waals surface area contributed by atoms with E-state index in [4.69, 9.17) is 5.14 Å². The highest BCUT2D eigenvalue weighted by molar-refractivity contribution is 9.10. The number of sulfonamides is 1. The number of halogens is 1. The molecule has 0 spiro atoms. The van der Waals surface area contributed by atoms with E-state index in [1.165, 1.54) is 0 Å². The van der Waals surface area contributed by atoms with Crippen LogP contribution in [0.2, 0.25) is 0 Å². The lowest BCUT2D eigenvalue weighted by Gasteiger charge is -2.13. The minimum absolute atomic E-state index is 0.0858. The van der Waals surface area contributed by atoms with E-state index in [-0.39, 0.29) is 15.6 Å². The maximum atomic E-state index is 12.2. The third-order valence-corrected chi connectivity index (χ3v) is 5.25. The Bertz CT molecular complexity index is 742. The first-order valence-corrected chi connectivity index (χ1v) is 8.21. The van der Waals surface area contributed by atoms with E-state index in [0.717, 1.165) is 25.0 Å². The number of rotatable bonds is 4. The number of primary sulfonamides is 1. The van der Waals surface area contributed by atoms with Crippen LogP contribution in [-0.4, -0.2) is 24.8 Å². The number of nitro benzene ring substituents is 1. The number of benzene rings is 1. The topological polar surface area (TPSA) is 132 Å². The van der Waals surface area contributed by atoms with Gasteiger partial charge in [-0.1, -0.05) is 0 Å². The number of nitro groups is 1. The molecule has 0 bridgehead atoms. The smallest absolute Gasteiger partial charge is 0.271 e. The van der Waals surface area contributed by atoms with Crippen LogP contribution < -0.4 is 10.5 Å². The van der Waals surface area contributed by atoms with Crippen LogP contribution in [0.3, 0.4) is 0 Å². The molecule has 1 saturated carbocycles. The molecule has 1 amide bonds. The molecule has 3 N–H and O–H groups in total. The molecule has 0 aliphatic heterocycles. The fourth-order valence-electron chi connectivity index (χ4n) is 1.71. The number of hydrogen-bond donors (Lipinski definition) is 2. The van der Waals surface area contributed by atoms with Crippen LogP contribution in [0.4, 0.5) is 5.69 Å². The van der Waals surface area contributed by atoms with Crippen molar-refractivity contribution in [3.63, 3.8) is 0 Å². The number of carbonyl (C=O) groups is 1. The third kappa shape index (κ3) is 3.39. The third-order valence-electron chi connectivity index (χ3n) is 3.20. The van der Waals surface area contributed by atoms with Crippen molar-refractivity contribution < 1.29 is 18.1 Å². The molecule has 1 fully saturated rings. The molecule has 1 aromatic rings. The summed E-state index contributed by atoms with van der Waals surface area (Å²) < 4.78 is 22.9. The van der Waals surface area contributed by atoms with Gasteiger partial charge in [0.1, 0.15) is 4.90 Å². The minimum atomic E-state index is -4.20. The first kappa shape index (κ1) is 15.9. The highest BCUT2D eigenvalue weighted by Gasteiger charge is 2.39. The molecule has 0 saturated heterocycles. The van der Waals surface area contributed by atoms with Crippen molar-refractivity contribution in [1.29, 1.82) is 0 Å². The SMILES string of the molecule is CC1(NC(=O)c2cc([N+](=O)[O-])cc(S(N)(=O)=O)c2Br)CC1. The summed E-state index contributed by atoms with van der Waals surface area (Å²) in [5, 5.41) is 18.6. The average molecular weight is 378 g/mol. The molecule has 0 aromatic heterocycles. The quantitative estimate of drug-likeness (QED) is 0.602. The molecule has 21 heavy (non-hydrogen) atoms. The van der Waals surface area contributed by atoms with Crippen LogP contribution in [0.5, 0.6) is 0 Å². The van der Waals surface area contributed by atoms with Crippen LogP contribution in [-0.2, 0) is 10.0 Å². The second-order valence-electron chi connectivity index (χ2n) is 5.12. The van der Waals surface area contributed by atoms with Gasteiger partial charge in [-0.05, 0) is 35.7 Å². The Balaban J connectivity index is 2.56. The lowest BCUT2D eigenvalue weighted by molar-refractivity contribution is -0.385. The zero-order chi connectivity index (χ0) is 16.0. The van der Waals surface area contributed by atoms with Gasteiger partial charge in [0.2, 0.25) is 10.0 Å². The number of amides is 1. The van der Waals surface area contributed by atoms with Crippen molar-refractivity contribution in [2.45, 2.75) is 30.2 Å². The summed E-state index contributed by atoms with van der Waals surface area (Å²) in [4.78, 5) is 21.8. The lowest BCUT2D eigenvalue weighted by Crippen LogP contribution is -2.34. The zero-order valence-corrected chi connectivity index (χ0v) is 13.3. The second-order valence-corrected chi connectivity index (χ2v) is 7.45. The summed E-state index contributed by atoms with van der Waals surface area (Å²) in [7, 11) is -4.20. The normalized spacial score (nSPS) is 16.3. The Morgan fingerprint density at radius 1 is 1.48 bits per heavy atom. The van der Waals surface area contributed by atoms with Gasteiger partial charge < -0.3 is 5.32 Å². The van der Waals surface area contributed by atoms with Crippen LogP contribution in [0, 0.1) is 10.1 Å². The summed E-state index contributed by atoms with van der Waals surface area (Å²) in [6, 6.07) is 1.83. The largest absolute Gasteiger partial charge is 0.347 e. The molecule has 10 heteroatoms. The first-order chi connectivity index (χ1) is 9.53. The Kier molecular flexibility index (Phi) is 3.80. The molecule has 8 nitrogen and oxygen atoms in total. The summed E-state index contributed by atoms with van der Waals surface area (Å²) in [6.45, 7) is 1.83. The summed E-state index contributed by atoms with van der Waals surface area (Å²) >= 11 is 2.99. The van der Waals surface area contributed by atoms with Gasteiger partial charge in [0.15, 0.2) is 0 Å². The van der Waals surface area contributed by atoms with E-state index in [1.807, 2.05) is 6.92 Å². The van der Waals surface area contributed by atoms with Crippen molar-refractivity contribution >= 4 is 37.5 Å². The molecule has 1 aromatic carbocycles. The van der Waals surface area contributed by atoms with Crippen LogP contribution in [0.25, 0.3) is 0 Å². The predicted octanol–water partition coefficient (Wildman–Crippen LogP) is 1.29. The fraction of sp³-hybridized carbons (Fsp3) is 0.364. The molecule has 1 aliphatic rings. The number of hydrogen-bond acceptors (Lipinski definition) is 5. The summed E-state index contributed by atoms with van der Waals surface area (Å²) in [5.74, 6) is -0.588. The van der Waals surface area contributed by atoms with Crippen LogP contribution in [0.15, 0.2) is 21.5 Å². The van der Waals surface area contributed by atoms with Gasteiger partial charge >= 0.3 is 0 Å². The Morgan fingerprint density at radius 3 is 2.48 bits per heavy atom. The second kappa shape index (κ2) is 5.04. The number of nitrogens with zero attached hydrogens (tertiary/aromatic N) is 1. The van der Waals surface area contributed by atoms with Gasteiger partial charge in [-0.25, -0.2) is 13.6 Å². The monoisotopic (exact) mass is 377 g/mol. The number of nitrogens with one attached hydrogen (secondary N) is 1. The maximum absolute atomic E-state index is 12.2.